The SMILES string of the molecule is COc1cnc(NCCN2CCCCCC2)nc1. The van der Waals surface area contributed by atoms with E-state index in [0.717, 1.165) is 13.1 Å². The van der Waals surface area contributed by atoms with E-state index in [-0.39, 0.29) is 0 Å². The Morgan fingerprint density at radius 1 is 1.17 bits per heavy atom. The standard InChI is InChI=1S/C13H22N4O/c1-18-12-10-15-13(16-11-12)14-6-9-17-7-4-2-3-5-8-17/h10-11H,2-9H2,1H3,(H,14,15,16). The molecule has 2 rings (SSSR count). The molecule has 5 heteroatoms. The molecule has 1 fully saturated rings. The zero-order valence-corrected chi connectivity index (χ0v) is 11.1. The molecule has 1 saturated heterocycles. The van der Waals surface area contributed by atoms with E-state index in [1.165, 1.54) is 38.8 Å². The predicted octanol–water partition coefficient (Wildman–Crippen LogP) is 1.77. The van der Waals surface area contributed by atoms with Crippen molar-refractivity contribution < 1.29 is 4.74 Å². The van der Waals surface area contributed by atoms with Crippen LogP contribution in [0.2, 0.25) is 0 Å². The molecule has 1 aliphatic heterocycles. The zero-order chi connectivity index (χ0) is 12.6. The number of anilines is 1. The maximum absolute atomic E-state index is 5.02. The van der Waals surface area contributed by atoms with Crippen molar-refractivity contribution in [1.82, 2.24) is 14.9 Å². The summed E-state index contributed by atoms with van der Waals surface area (Å²) < 4.78 is 5.02. The lowest BCUT2D eigenvalue weighted by atomic mass is 10.2. The summed E-state index contributed by atoms with van der Waals surface area (Å²) >= 11 is 0. The summed E-state index contributed by atoms with van der Waals surface area (Å²) in [7, 11) is 1.62. The number of ether oxygens (including phenoxy) is 1. The second-order valence-corrected chi connectivity index (χ2v) is 4.63. The topological polar surface area (TPSA) is 50.3 Å². The average Bonchev–Trinajstić information content (AvgIpc) is 2.68. The second kappa shape index (κ2) is 7.16. The van der Waals surface area contributed by atoms with Gasteiger partial charge in [-0.1, -0.05) is 12.8 Å². The van der Waals surface area contributed by atoms with Crippen LogP contribution in [0.5, 0.6) is 5.75 Å². The molecule has 1 aromatic rings. The molecule has 5 nitrogen and oxygen atoms in total. The number of nitrogens with one attached hydrogen (secondary N) is 1. The van der Waals surface area contributed by atoms with Crippen molar-refractivity contribution in [2.75, 3.05) is 38.6 Å². The minimum Gasteiger partial charge on any atom is -0.494 e. The van der Waals surface area contributed by atoms with Gasteiger partial charge in [0.05, 0.1) is 19.5 Å². The fourth-order valence-electron chi connectivity index (χ4n) is 2.20. The minimum absolute atomic E-state index is 0.672. The molecule has 0 amide bonds. The van der Waals surface area contributed by atoms with E-state index in [4.69, 9.17) is 4.74 Å². The van der Waals surface area contributed by atoms with Gasteiger partial charge in [0.1, 0.15) is 0 Å². The van der Waals surface area contributed by atoms with Crippen LogP contribution in [0.1, 0.15) is 25.7 Å². The number of aromatic nitrogens is 2. The van der Waals surface area contributed by atoms with Gasteiger partial charge in [-0.25, -0.2) is 9.97 Å². The first-order chi connectivity index (χ1) is 8.88. The van der Waals surface area contributed by atoms with Crippen molar-refractivity contribution in [3.8, 4) is 5.75 Å². The van der Waals surface area contributed by atoms with E-state index in [2.05, 4.69) is 20.2 Å². The molecule has 0 unspecified atom stereocenters. The third-order valence-corrected chi connectivity index (χ3v) is 3.27. The number of hydrogen-bond acceptors (Lipinski definition) is 5. The van der Waals surface area contributed by atoms with Crippen molar-refractivity contribution in [1.29, 1.82) is 0 Å². The zero-order valence-electron chi connectivity index (χ0n) is 11.1. The van der Waals surface area contributed by atoms with Crippen LogP contribution in [0.4, 0.5) is 5.95 Å². The van der Waals surface area contributed by atoms with Crippen LogP contribution in [-0.4, -0.2) is 48.2 Å². The lowest BCUT2D eigenvalue weighted by molar-refractivity contribution is 0.296. The molecule has 0 spiro atoms. The summed E-state index contributed by atoms with van der Waals surface area (Å²) in [5, 5.41) is 3.24. The Morgan fingerprint density at radius 2 is 1.83 bits per heavy atom. The molecule has 2 heterocycles. The molecule has 0 saturated carbocycles. The summed E-state index contributed by atoms with van der Waals surface area (Å²) in [6.45, 7) is 4.41. The van der Waals surface area contributed by atoms with Crippen LogP contribution in [-0.2, 0) is 0 Å². The van der Waals surface area contributed by atoms with E-state index in [0.29, 0.717) is 11.7 Å². The summed E-state index contributed by atoms with van der Waals surface area (Å²) in [5.74, 6) is 1.36. The first-order valence-corrected chi connectivity index (χ1v) is 6.71. The Labute approximate surface area is 109 Å². The Bertz CT molecular complexity index is 333. The predicted molar refractivity (Wildman–Crippen MR) is 72.0 cm³/mol. The third kappa shape index (κ3) is 4.14. The highest BCUT2D eigenvalue weighted by Gasteiger charge is 2.08. The van der Waals surface area contributed by atoms with Crippen LogP contribution >= 0.6 is 0 Å². The summed E-state index contributed by atoms with van der Waals surface area (Å²) in [4.78, 5) is 10.9. The van der Waals surface area contributed by atoms with Crippen LogP contribution in [0.3, 0.4) is 0 Å². The largest absolute Gasteiger partial charge is 0.494 e. The van der Waals surface area contributed by atoms with Gasteiger partial charge in [-0.05, 0) is 25.9 Å². The molecule has 1 N–H and O–H groups in total. The minimum atomic E-state index is 0.672. The maximum atomic E-state index is 5.02. The Hall–Kier alpha value is -1.36. The van der Waals surface area contributed by atoms with Crippen molar-refractivity contribution in [3.63, 3.8) is 0 Å². The lowest BCUT2D eigenvalue weighted by Crippen LogP contribution is -2.30. The van der Waals surface area contributed by atoms with Gasteiger partial charge < -0.3 is 15.0 Å². The molecule has 0 bridgehead atoms. The first-order valence-electron chi connectivity index (χ1n) is 6.71. The highest BCUT2D eigenvalue weighted by Crippen LogP contribution is 2.09. The first kappa shape index (κ1) is 13.1. The highest BCUT2D eigenvalue weighted by molar-refractivity contribution is 5.26. The molecular weight excluding hydrogens is 228 g/mol. The normalized spacial score (nSPS) is 17.2. The molecular formula is C13H22N4O. The number of rotatable bonds is 5. The van der Waals surface area contributed by atoms with E-state index >= 15 is 0 Å². The van der Waals surface area contributed by atoms with Crippen LogP contribution < -0.4 is 10.1 Å². The number of nitrogens with zero attached hydrogens (tertiary/aromatic N) is 3. The maximum Gasteiger partial charge on any atom is 0.222 e. The van der Waals surface area contributed by atoms with E-state index < -0.39 is 0 Å². The van der Waals surface area contributed by atoms with E-state index in [1.807, 2.05) is 0 Å². The fourth-order valence-corrected chi connectivity index (χ4v) is 2.20. The fraction of sp³-hybridized carbons (Fsp3) is 0.692. The van der Waals surface area contributed by atoms with Crippen molar-refractivity contribution in [2.24, 2.45) is 0 Å². The highest BCUT2D eigenvalue weighted by atomic mass is 16.5. The van der Waals surface area contributed by atoms with Crippen LogP contribution in [0.25, 0.3) is 0 Å². The Balaban J connectivity index is 1.70. The smallest absolute Gasteiger partial charge is 0.222 e. The lowest BCUT2D eigenvalue weighted by Gasteiger charge is -2.19. The van der Waals surface area contributed by atoms with Gasteiger partial charge in [0.15, 0.2) is 5.75 Å². The third-order valence-electron chi connectivity index (χ3n) is 3.27. The monoisotopic (exact) mass is 250 g/mol. The van der Waals surface area contributed by atoms with Crippen LogP contribution in [0, 0.1) is 0 Å². The number of likely N-dealkylation sites (tertiary alicyclic amines) is 1. The Morgan fingerprint density at radius 3 is 2.44 bits per heavy atom. The van der Waals surface area contributed by atoms with Gasteiger partial charge in [0.25, 0.3) is 0 Å². The summed E-state index contributed by atoms with van der Waals surface area (Å²) in [6.07, 6.45) is 8.79. The second-order valence-electron chi connectivity index (χ2n) is 4.63. The molecule has 0 radical (unpaired) electrons. The molecule has 0 aliphatic carbocycles. The van der Waals surface area contributed by atoms with Crippen molar-refractivity contribution >= 4 is 5.95 Å². The van der Waals surface area contributed by atoms with Gasteiger partial charge in [0.2, 0.25) is 5.95 Å². The van der Waals surface area contributed by atoms with Gasteiger partial charge in [0, 0.05) is 13.1 Å². The molecule has 1 aromatic heterocycles. The average molecular weight is 250 g/mol. The number of methoxy groups -OCH3 is 1. The molecule has 18 heavy (non-hydrogen) atoms. The van der Waals surface area contributed by atoms with Crippen molar-refractivity contribution in [3.05, 3.63) is 12.4 Å². The summed E-state index contributed by atoms with van der Waals surface area (Å²) in [6, 6.07) is 0. The molecule has 100 valence electrons. The van der Waals surface area contributed by atoms with E-state index in [9.17, 15) is 0 Å². The van der Waals surface area contributed by atoms with Crippen LogP contribution in [0.15, 0.2) is 12.4 Å². The molecule has 1 aliphatic rings. The quantitative estimate of drug-likeness (QED) is 0.863. The van der Waals surface area contributed by atoms with Gasteiger partial charge >= 0.3 is 0 Å². The number of hydrogen-bond donors (Lipinski definition) is 1. The molecule has 0 atom stereocenters. The van der Waals surface area contributed by atoms with Gasteiger partial charge in [-0.2, -0.15) is 0 Å². The van der Waals surface area contributed by atoms with Gasteiger partial charge in [-0.3, -0.25) is 0 Å². The van der Waals surface area contributed by atoms with Gasteiger partial charge in [-0.15, -0.1) is 0 Å². The van der Waals surface area contributed by atoms with Crippen molar-refractivity contribution in [2.45, 2.75) is 25.7 Å². The van der Waals surface area contributed by atoms with E-state index in [1.54, 1.807) is 19.5 Å². The summed E-state index contributed by atoms with van der Waals surface area (Å²) in [5.41, 5.74) is 0. The molecule has 0 aromatic carbocycles. The Kier molecular flexibility index (Phi) is 5.20.